The molecular weight excluding hydrogens is 204 g/mol. The van der Waals surface area contributed by atoms with Crippen molar-refractivity contribution in [2.45, 2.75) is 20.8 Å². The molecule has 0 aliphatic carbocycles. The van der Waals surface area contributed by atoms with Crippen LogP contribution in [0, 0.1) is 12.8 Å². The lowest BCUT2D eigenvalue weighted by Gasteiger charge is -2.06. The molecule has 1 rings (SSSR count). The molecule has 0 atom stereocenters. The number of hydrogen-bond acceptors (Lipinski definition) is 3. The zero-order valence-electron chi connectivity index (χ0n) is 9.82. The highest BCUT2D eigenvalue weighted by Crippen LogP contribution is 2.05. The van der Waals surface area contributed by atoms with Gasteiger partial charge in [-0.25, -0.2) is 4.79 Å². The summed E-state index contributed by atoms with van der Waals surface area (Å²) in [7, 11) is 0. The highest BCUT2D eigenvalue weighted by atomic mass is 16.5. The molecule has 0 aromatic heterocycles. The highest BCUT2D eigenvalue weighted by molar-refractivity contribution is 5.91. The average molecular weight is 220 g/mol. The summed E-state index contributed by atoms with van der Waals surface area (Å²) in [4.78, 5) is 22.8. The molecule has 0 saturated heterocycles. The van der Waals surface area contributed by atoms with E-state index in [-0.39, 0.29) is 18.3 Å². The summed E-state index contributed by atoms with van der Waals surface area (Å²) in [6.45, 7) is 5.35. The Morgan fingerprint density at radius 1 is 1.19 bits per heavy atom. The van der Waals surface area contributed by atoms with Crippen molar-refractivity contribution in [3.05, 3.63) is 35.4 Å². The van der Waals surface area contributed by atoms with Crippen molar-refractivity contribution in [2.75, 3.05) is 6.61 Å². The predicted octanol–water partition coefficient (Wildman–Crippen LogP) is 2.38. The van der Waals surface area contributed by atoms with Crippen LogP contribution >= 0.6 is 0 Å². The van der Waals surface area contributed by atoms with Gasteiger partial charge in [0.1, 0.15) is 0 Å². The topological polar surface area (TPSA) is 43.4 Å². The van der Waals surface area contributed by atoms with E-state index < -0.39 is 5.97 Å². The second kappa shape index (κ2) is 5.45. The van der Waals surface area contributed by atoms with Crippen molar-refractivity contribution < 1.29 is 14.3 Å². The third-order valence-electron chi connectivity index (χ3n) is 2.28. The van der Waals surface area contributed by atoms with Gasteiger partial charge in [0.2, 0.25) is 0 Å². The van der Waals surface area contributed by atoms with Crippen molar-refractivity contribution in [1.82, 2.24) is 0 Å². The summed E-state index contributed by atoms with van der Waals surface area (Å²) < 4.78 is 4.90. The molecule has 0 aliphatic rings. The summed E-state index contributed by atoms with van der Waals surface area (Å²) in [6.07, 6.45) is 0. The summed E-state index contributed by atoms with van der Waals surface area (Å²) in [5.41, 5.74) is 1.55. The van der Waals surface area contributed by atoms with Crippen molar-refractivity contribution in [3.8, 4) is 0 Å². The van der Waals surface area contributed by atoms with Gasteiger partial charge >= 0.3 is 5.97 Å². The molecule has 0 spiro atoms. The van der Waals surface area contributed by atoms with Gasteiger partial charge in [0, 0.05) is 5.92 Å². The minimum atomic E-state index is -0.450. The smallest absolute Gasteiger partial charge is 0.338 e. The van der Waals surface area contributed by atoms with E-state index in [4.69, 9.17) is 4.74 Å². The van der Waals surface area contributed by atoms with Gasteiger partial charge in [-0.3, -0.25) is 4.79 Å². The van der Waals surface area contributed by atoms with E-state index in [0.717, 1.165) is 5.56 Å². The third-order valence-corrected chi connectivity index (χ3v) is 2.28. The number of benzene rings is 1. The zero-order chi connectivity index (χ0) is 12.1. The zero-order valence-corrected chi connectivity index (χ0v) is 9.82. The van der Waals surface area contributed by atoms with Crippen LogP contribution in [0.1, 0.15) is 29.8 Å². The minimum Gasteiger partial charge on any atom is -0.454 e. The molecule has 3 heteroatoms. The Labute approximate surface area is 95.4 Å². The second-order valence-electron chi connectivity index (χ2n) is 4.06. The number of hydrogen-bond donors (Lipinski definition) is 0. The largest absolute Gasteiger partial charge is 0.454 e. The maximum absolute atomic E-state index is 11.5. The number of esters is 1. The molecular formula is C13H16O3. The Bertz CT molecular complexity index is 377. The van der Waals surface area contributed by atoms with Crippen LogP contribution in [0.2, 0.25) is 0 Å². The summed E-state index contributed by atoms with van der Waals surface area (Å²) >= 11 is 0. The predicted molar refractivity (Wildman–Crippen MR) is 61.3 cm³/mol. The van der Waals surface area contributed by atoms with Crippen LogP contribution in [0.5, 0.6) is 0 Å². The van der Waals surface area contributed by atoms with E-state index in [0.29, 0.717) is 5.56 Å². The SMILES string of the molecule is Cc1ccc(C(=O)OCC(=O)C(C)C)cc1. The van der Waals surface area contributed by atoms with Crippen molar-refractivity contribution in [1.29, 1.82) is 0 Å². The number of ketones is 1. The first kappa shape index (κ1) is 12.4. The maximum atomic E-state index is 11.5. The van der Waals surface area contributed by atoms with Crippen LogP contribution in [-0.4, -0.2) is 18.4 Å². The maximum Gasteiger partial charge on any atom is 0.338 e. The molecule has 3 nitrogen and oxygen atoms in total. The summed E-state index contributed by atoms with van der Waals surface area (Å²) in [5.74, 6) is -0.625. The number of aryl methyl sites for hydroxylation is 1. The number of rotatable bonds is 4. The summed E-state index contributed by atoms with van der Waals surface area (Å²) in [5, 5.41) is 0. The standard InChI is InChI=1S/C13H16O3/c1-9(2)12(14)8-16-13(15)11-6-4-10(3)5-7-11/h4-7,9H,8H2,1-3H3. The van der Waals surface area contributed by atoms with Gasteiger partial charge in [0.05, 0.1) is 5.56 Å². The Morgan fingerprint density at radius 2 is 1.75 bits per heavy atom. The molecule has 0 radical (unpaired) electrons. The number of ether oxygens (including phenoxy) is 1. The van der Waals surface area contributed by atoms with E-state index in [1.54, 1.807) is 26.0 Å². The fraction of sp³-hybridized carbons (Fsp3) is 0.385. The Balaban J connectivity index is 2.53. The molecule has 0 bridgehead atoms. The quantitative estimate of drug-likeness (QED) is 0.732. The molecule has 0 heterocycles. The van der Waals surface area contributed by atoms with Crippen LogP contribution in [0.15, 0.2) is 24.3 Å². The minimum absolute atomic E-state index is 0.0690. The molecule has 0 N–H and O–H groups in total. The van der Waals surface area contributed by atoms with Crippen LogP contribution < -0.4 is 0 Å². The first-order chi connectivity index (χ1) is 7.50. The number of carbonyl (C=O) groups excluding carboxylic acids is 2. The molecule has 0 amide bonds. The number of Topliss-reactive ketones (excluding diaryl/α,β-unsaturated/α-hetero) is 1. The fourth-order valence-corrected chi connectivity index (χ4v) is 1.08. The Morgan fingerprint density at radius 3 is 2.25 bits per heavy atom. The van der Waals surface area contributed by atoms with E-state index in [9.17, 15) is 9.59 Å². The fourth-order valence-electron chi connectivity index (χ4n) is 1.08. The van der Waals surface area contributed by atoms with E-state index in [2.05, 4.69) is 0 Å². The lowest BCUT2D eigenvalue weighted by atomic mass is 10.1. The van der Waals surface area contributed by atoms with Gasteiger partial charge in [-0.1, -0.05) is 31.5 Å². The van der Waals surface area contributed by atoms with Gasteiger partial charge < -0.3 is 4.74 Å². The van der Waals surface area contributed by atoms with Crippen LogP contribution in [-0.2, 0) is 9.53 Å². The van der Waals surface area contributed by atoms with Gasteiger partial charge in [-0.15, -0.1) is 0 Å². The second-order valence-corrected chi connectivity index (χ2v) is 4.06. The first-order valence-electron chi connectivity index (χ1n) is 5.27. The van der Waals surface area contributed by atoms with Gasteiger partial charge in [-0.05, 0) is 19.1 Å². The van der Waals surface area contributed by atoms with E-state index >= 15 is 0 Å². The van der Waals surface area contributed by atoms with Crippen molar-refractivity contribution in [2.24, 2.45) is 5.92 Å². The lowest BCUT2D eigenvalue weighted by Crippen LogP contribution is -2.18. The van der Waals surface area contributed by atoms with Crippen LogP contribution in [0.25, 0.3) is 0 Å². The molecule has 0 fully saturated rings. The lowest BCUT2D eigenvalue weighted by molar-refractivity contribution is -0.125. The van der Waals surface area contributed by atoms with Crippen molar-refractivity contribution >= 4 is 11.8 Å². The van der Waals surface area contributed by atoms with Crippen molar-refractivity contribution in [3.63, 3.8) is 0 Å². The van der Waals surface area contributed by atoms with E-state index in [1.165, 1.54) is 0 Å². The van der Waals surface area contributed by atoms with Crippen LogP contribution in [0.4, 0.5) is 0 Å². The monoisotopic (exact) mass is 220 g/mol. The first-order valence-corrected chi connectivity index (χ1v) is 5.27. The molecule has 1 aromatic rings. The third kappa shape index (κ3) is 3.50. The molecule has 0 saturated carbocycles. The normalized spacial score (nSPS) is 10.2. The van der Waals surface area contributed by atoms with Gasteiger partial charge in [0.25, 0.3) is 0 Å². The molecule has 0 unspecified atom stereocenters. The molecule has 86 valence electrons. The number of carbonyl (C=O) groups is 2. The Hall–Kier alpha value is -1.64. The average Bonchev–Trinajstić information content (AvgIpc) is 2.26. The van der Waals surface area contributed by atoms with E-state index in [1.807, 2.05) is 19.1 Å². The Kier molecular flexibility index (Phi) is 4.23. The van der Waals surface area contributed by atoms with Gasteiger partial charge in [-0.2, -0.15) is 0 Å². The molecule has 0 aliphatic heterocycles. The van der Waals surface area contributed by atoms with Gasteiger partial charge in [0.15, 0.2) is 12.4 Å². The highest BCUT2D eigenvalue weighted by Gasteiger charge is 2.12. The molecule has 1 aromatic carbocycles. The summed E-state index contributed by atoms with van der Waals surface area (Å²) in [6, 6.07) is 7.05. The van der Waals surface area contributed by atoms with Crippen LogP contribution in [0.3, 0.4) is 0 Å². The molecule has 16 heavy (non-hydrogen) atoms.